The molecule has 0 bridgehead atoms. The molecule has 0 unspecified atom stereocenters. The molecule has 2 aromatic rings. The van der Waals surface area contributed by atoms with Crippen molar-refractivity contribution >= 4 is 23.3 Å². The predicted octanol–water partition coefficient (Wildman–Crippen LogP) is 3.66. The minimum absolute atomic E-state index is 0.257. The highest BCUT2D eigenvalue weighted by Crippen LogP contribution is 2.32. The maximum absolute atomic E-state index is 12.1. The van der Waals surface area contributed by atoms with E-state index in [0.717, 1.165) is 12.8 Å². The molecular weight excluding hydrogens is 292 g/mol. The molecule has 6 nitrogen and oxygen atoms in total. The van der Waals surface area contributed by atoms with Crippen molar-refractivity contribution in [3.05, 3.63) is 28.6 Å². The summed E-state index contributed by atoms with van der Waals surface area (Å²) in [6.45, 7) is 1.78. The zero-order valence-corrected chi connectivity index (χ0v) is 12.5. The molecule has 7 heteroatoms. The third-order valence-electron chi connectivity index (χ3n) is 3.81. The van der Waals surface area contributed by atoms with Gasteiger partial charge in [0.1, 0.15) is 11.3 Å². The van der Waals surface area contributed by atoms with Crippen molar-refractivity contribution in [1.29, 1.82) is 0 Å². The number of hydrogen-bond acceptors (Lipinski definition) is 4. The number of aryl methyl sites for hydroxylation is 1. The van der Waals surface area contributed by atoms with Crippen LogP contribution in [0.1, 0.15) is 60.1 Å². The van der Waals surface area contributed by atoms with Crippen molar-refractivity contribution in [2.45, 2.75) is 44.9 Å². The molecule has 0 spiro atoms. The summed E-state index contributed by atoms with van der Waals surface area (Å²) >= 11 is 6.01. The molecule has 0 saturated heterocycles. The quantitative estimate of drug-likeness (QED) is 0.906. The van der Waals surface area contributed by atoms with Gasteiger partial charge >= 0.3 is 0 Å². The first-order valence-electron chi connectivity index (χ1n) is 7.12. The van der Waals surface area contributed by atoms with Gasteiger partial charge in [0.25, 0.3) is 5.91 Å². The highest BCUT2D eigenvalue weighted by Gasteiger charge is 2.22. The number of carbonyl (C=O) groups is 1. The average molecular weight is 309 g/mol. The fourth-order valence-electron chi connectivity index (χ4n) is 2.60. The second-order valence-electron chi connectivity index (χ2n) is 5.37. The number of rotatable bonds is 3. The summed E-state index contributed by atoms with van der Waals surface area (Å²) in [5.74, 6) is 0.927. The van der Waals surface area contributed by atoms with Gasteiger partial charge in [0.15, 0.2) is 17.4 Å². The molecule has 2 heterocycles. The van der Waals surface area contributed by atoms with Crippen LogP contribution in [0.15, 0.2) is 10.7 Å². The molecule has 3 rings (SSSR count). The van der Waals surface area contributed by atoms with Crippen molar-refractivity contribution in [3.63, 3.8) is 0 Å². The Labute approximate surface area is 127 Å². The molecule has 21 heavy (non-hydrogen) atoms. The first-order chi connectivity index (χ1) is 10.1. The smallest absolute Gasteiger partial charge is 0.278 e. The molecule has 1 aliphatic rings. The van der Waals surface area contributed by atoms with E-state index in [1.165, 1.54) is 25.5 Å². The van der Waals surface area contributed by atoms with Gasteiger partial charge in [-0.05, 0) is 19.8 Å². The minimum atomic E-state index is -0.366. The number of oxazole rings is 1. The van der Waals surface area contributed by atoms with Gasteiger partial charge in [-0.15, -0.1) is 0 Å². The molecule has 0 radical (unpaired) electrons. The lowest BCUT2D eigenvalue weighted by molar-refractivity contribution is 0.102. The summed E-state index contributed by atoms with van der Waals surface area (Å²) in [7, 11) is 0. The lowest BCUT2D eigenvalue weighted by Gasteiger charge is -2.17. The Morgan fingerprint density at radius 2 is 2.19 bits per heavy atom. The number of carbonyl (C=O) groups excluding carboxylic acids is 1. The molecule has 0 atom stereocenters. The lowest BCUT2D eigenvalue weighted by Crippen LogP contribution is -2.13. The molecule has 0 aliphatic heterocycles. The zero-order valence-electron chi connectivity index (χ0n) is 11.8. The Bertz CT molecular complexity index is 643. The number of aromatic amines is 1. The van der Waals surface area contributed by atoms with E-state index in [-0.39, 0.29) is 11.6 Å². The number of nitrogens with one attached hydrogen (secondary N) is 2. The van der Waals surface area contributed by atoms with Crippen molar-refractivity contribution < 1.29 is 9.21 Å². The van der Waals surface area contributed by atoms with Crippen molar-refractivity contribution in [2.75, 3.05) is 5.32 Å². The first-order valence-corrected chi connectivity index (χ1v) is 7.50. The number of H-pyrrole nitrogens is 1. The summed E-state index contributed by atoms with van der Waals surface area (Å²) in [5.41, 5.74) is 0.960. The van der Waals surface area contributed by atoms with Crippen molar-refractivity contribution in [2.24, 2.45) is 0 Å². The van der Waals surface area contributed by atoms with Crippen LogP contribution in [0, 0.1) is 6.92 Å². The van der Waals surface area contributed by atoms with Gasteiger partial charge < -0.3 is 9.73 Å². The van der Waals surface area contributed by atoms with Crippen molar-refractivity contribution in [3.8, 4) is 0 Å². The standard InChI is InChI=1S/C14H17ClN4O2/c1-8-11(15)12(19-18-8)17-13(20)10-7-21-14(16-10)9-5-3-2-4-6-9/h7,9H,2-6H2,1H3,(H2,17,18,19,20). The van der Waals surface area contributed by atoms with Gasteiger partial charge in [0.05, 0.1) is 5.69 Å². The van der Waals surface area contributed by atoms with E-state index in [9.17, 15) is 4.79 Å². The Morgan fingerprint density at radius 1 is 1.43 bits per heavy atom. The van der Waals surface area contributed by atoms with E-state index >= 15 is 0 Å². The number of amides is 1. The second kappa shape index (κ2) is 5.89. The first kappa shape index (κ1) is 14.1. The molecule has 2 N–H and O–H groups in total. The molecular formula is C14H17ClN4O2. The monoisotopic (exact) mass is 308 g/mol. The molecule has 2 aromatic heterocycles. The van der Waals surface area contributed by atoms with E-state index in [4.69, 9.17) is 16.0 Å². The Kier molecular flexibility index (Phi) is 3.96. The van der Waals surface area contributed by atoms with Gasteiger partial charge in [-0.2, -0.15) is 5.10 Å². The van der Waals surface area contributed by atoms with E-state index in [1.54, 1.807) is 6.92 Å². The summed E-state index contributed by atoms with van der Waals surface area (Å²) in [6, 6.07) is 0. The Morgan fingerprint density at radius 3 is 2.86 bits per heavy atom. The van der Waals surface area contributed by atoms with Crippen molar-refractivity contribution in [1.82, 2.24) is 15.2 Å². The van der Waals surface area contributed by atoms with Gasteiger partial charge in [-0.3, -0.25) is 9.89 Å². The van der Waals surface area contributed by atoms with Gasteiger partial charge in [0.2, 0.25) is 0 Å². The summed E-state index contributed by atoms with van der Waals surface area (Å²) in [4.78, 5) is 16.4. The minimum Gasteiger partial charge on any atom is -0.448 e. The van der Waals surface area contributed by atoms with E-state index in [0.29, 0.717) is 28.3 Å². The maximum atomic E-state index is 12.1. The van der Waals surface area contributed by atoms with Gasteiger partial charge in [0, 0.05) is 5.92 Å². The Hall–Kier alpha value is -1.82. The molecule has 0 aromatic carbocycles. The number of anilines is 1. The number of halogens is 1. The van der Waals surface area contributed by atoms with E-state index in [2.05, 4.69) is 20.5 Å². The third-order valence-corrected chi connectivity index (χ3v) is 4.28. The van der Waals surface area contributed by atoms with E-state index < -0.39 is 0 Å². The SMILES string of the molecule is Cc1[nH]nc(NC(=O)c2coc(C3CCCCC3)n2)c1Cl. The van der Waals surface area contributed by atoms with Crippen LogP contribution in [-0.4, -0.2) is 21.1 Å². The zero-order chi connectivity index (χ0) is 14.8. The second-order valence-corrected chi connectivity index (χ2v) is 5.75. The Balaban J connectivity index is 1.70. The van der Waals surface area contributed by atoms with Gasteiger partial charge in [-0.1, -0.05) is 30.9 Å². The average Bonchev–Trinajstić information content (AvgIpc) is 3.11. The highest BCUT2D eigenvalue weighted by atomic mass is 35.5. The van der Waals surface area contributed by atoms with Crippen LogP contribution in [-0.2, 0) is 0 Å². The molecule has 112 valence electrons. The summed E-state index contributed by atoms with van der Waals surface area (Å²) in [5, 5.41) is 9.67. The number of hydrogen-bond donors (Lipinski definition) is 2. The fourth-order valence-corrected chi connectivity index (χ4v) is 2.73. The molecule has 1 fully saturated rings. The van der Waals surface area contributed by atoms with Crippen LogP contribution in [0.4, 0.5) is 5.82 Å². The topological polar surface area (TPSA) is 83.8 Å². The largest absolute Gasteiger partial charge is 0.448 e. The van der Waals surface area contributed by atoms with Gasteiger partial charge in [-0.25, -0.2) is 4.98 Å². The molecule has 1 aliphatic carbocycles. The van der Waals surface area contributed by atoms with E-state index in [1.807, 2.05) is 0 Å². The summed E-state index contributed by atoms with van der Waals surface area (Å²) in [6.07, 6.45) is 7.19. The highest BCUT2D eigenvalue weighted by molar-refractivity contribution is 6.34. The number of aromatic nitrogens is 3. The van der Waals surface area contributed by atoms with Crippen LogP contribution >= 0.6 is 11.6 Å². The molecule has 1 amide bonds. The lowest BCUT2D eigenvalue weighted by atomic mass is 9.89. The van der Waals surface area contributed by atoms with Crippen LogP contribution in [0.5, 0.6) is 0 Å². The molecule has 1 saturated carbocycles. The summed E-state index contributed by atoms with van der Waals surface area (Å²) < 4.78 is 5.47. The third kappa shape index (κ3) is 2.95. The normalized spacial score (nSPS) is 16.1. The fraction of sp³-hybridized carbons (Fsp3) is 0.500. The van der Waals surface area contributed by atoms with Crippen LogP contribution < -0.4 is 5.32 Å². The maximum Gasteiger partial charge on any atom is 0.278 e. The van der Waals surface area contributed by atoms with Crippen LogP contribution in [0.3, 0.4) is 0 Å². The van der Waals surface area contributed by atoms with Crippen LogP contribution in [0.2, 0.25) is 5.02 Å². The predicted molar refractivity (Wildman–Crippen MR) is 78.6 cm³/mol. The number of nitrogens with zero attached hydrogens (tertiary/aromatic N) is 2. The van der Waals surface area contributed by atoms with Crippen LogP contribution in [0.25, 0.3) is 0 Å².